The van der Waals surface area contributed by atoms with Gasteiger partial charge in [-0.2, -0.15) is 0 Å². The second kappa shape index (κ2) is 7.05. The summed E-state index contributed by atoms with van der Waals surface area (Å²) in [5.74, 6) is -1.11. The topological polar surface area (TPSA) is 57.6 Å². The van der Waals surface area contributed by atoms with E-state index < -0.39 is 17.4 Å². The zero-order chi connectivity index (χ0) is 17.3. The molecule has 0 radical (unpaired) electrons. The summed E-state index contributed by atoms with van der Waals surface area (Å²) >= 11 is 13.6. The minimum atomic E-state index is -1.03. The number of carboxylic acids is 1. The summed E-state index contributed by atoms with van der Waals surface area (Å²) in [5, 5.41) is 9.98. The largest absolute Gasteiger partial charge is 0.480 e. The average molecular weight is 382 g/mol. The lowest BCUT2D eigenvalue weighted by atomic mass is 10.1. The molecule has 2 atom stereocenters. The highest BCUT2D eigenvalue weighted by molar-refractivity contribution is 7.99. The summed E-state index contributed by atoms with van der Waals surface area (Å²) < 4.78 is 0. The Morgan fingerprint density at radius 3 is 2.54 bits per heavy atom. The molecule has 0 saturated carbocycles. The first kappa shape index (κ1) is 17.1. The van der Waals surface area contributed by atoms with Crippen molar-refractivity contribution in [2.45, 2.75) is 11.4 Å². The number of hydrogen-bond donors (Lipinski definition) is 1. The molecule has 1 saturated heterocycles. The van der Waals surface area contributed by atoms with Gasteiger partial charge in [0, 0.05) is 26.9 Å². The second-order valence-electron chi connectivity index (χ2n) is 5.28. The van der Waals surface area contributed by atoms with Crippen LogP contribution in [0.3, 0.4) is 0 Å². The van der Waals surface area contributed by atoms with Crippen LogP contribution in [0, 0.1) is 0 Å². The van der Waals surface area contributed by atoms with E-state index in [0.29, 0.717) is 21.4 Å². The third-order valence-corrected chi connectivity index (χ3v) is 5.65. The Morgan fingerprint density at radius 1 is 1.12 bits per heavy atom. The highest BCUT2D eigenvalue weighted by Crippen LogP contribution is 2.44. The molecule has 2 aromatic rings. The van der Waals surface area contributed by atoms with E-state index >= 15 is 0 Å². The first-order valence-corrected chi connectivity index (χ1v) is 8.96. The molecule has 24 heavy (non-hydrogen) atoms. The van der Waals surface area contributed by atoms with Crippen molar-refractivity contribution in [2.75, 3.05) is 5.75 Å². The van der Waals surface area contributed by atoms with Crippen molar-refractivity contribution in [3.63, 3.8) is 0 Å². The maximum absolute atomic E-state index is 13.0. The maximum Gasteiger partial charge on any atom is 0.327 e. The van der Waals surface area contributed by atoms with E-state index in [9.17, 15) is 14.7 Å². The zero-order valence-electron chi connectivity index (χ0n) is 12.4. The number of hydrogen-bond acceptors (Lipinski definition) is 3. The van der Waals surface area contributed by atoms with E-state index in [1.807, 2.05) is 12.1 Å². The van der Waals surface area contributed by atoms with Crippen molar-refractivity contribution in [1.29, 1.82) is 0 Å². The fraction of sp³-hybridized carbons (Fsp3) is 0.176. The molecule has 4 nitrogen and oxygen atoms in total. The smallest absolute Gasteiger partial charge is 0.327 e. The molecule has 2 unspecified atom stereocenters. The van der Waals surface area contributed by atoms with Crippen molar-refractivity contribution in [2.24, 2.45) is 0 Å². The molecular weight excluding hydrogens is 369 g/mol. The second-order valence-corrected chi connectivity index (χ2v) is 7.24. The van der Waals surface area contributed by atoms with Gasteiger partial charge in [0.15, 0.2) is 0 Å². The van der Waals surface area contributed by atoms with Gasteiger partial charge in [0.1, 0.15) is 11.4 Å². The number of aliphatic carboxylic acids is 1. The monoisotopic (exact) mass is 381 g/mol. The number of carbonyl (C=O) groups is 2. The van der Waals surface area contributed by atoms with E-state index in [4.69, 9.17) is 23.2 Å². The van der Waals surface area contributed by atoms with Gasteiger partial charge < -0.3 is 10.0 Å². The molecule has 0 aromatic heterocycles. The van der Waals surface area contributed by atoms with E-state index in [2.05, 4.69) is 0 Å². The number of carbonyl (C=O) groups excluding carboxylic acids is 1. The van der Waals surface area contributed by atoms with E-state index in [-0.39, 0.29) is 5.91 Å². The van der Waals surface area contributed by atoms with Gasteiger partial charge in [-0.3, -0.25) is 4.79 Å². The zero-order valence-corrected chi connectivity index (χ0v) is 14.7. The molecule has 1 fully saturated rings. The Kier molecular flexibility index (Phi) is 5.04. The van der Waals surface area contributed by atoms with Gasteiger partial charge in [0.05, 0.1) is 0 Å². The summed E-state index contributed by atoms with van der Waals surface area (Å²) in [6.07, 6.45) is 0. The van der Waals surface area contributed by atoms with Crippen LogP contribution in [0.5, 0.6) is 0 Å². The van der Waals surface area contributed by atoms with Crippen LogP contribution in [0.4, 0.5) is 0 Å². The molecule has 2 aromatic carbocycles. The third-order valence-electron chi connectivity index (χ3n) is 3.76. The Morgan fingerprint density at radius 2 is 1.88 bits per heavy atom. The van der Waals surface area contributed by atoms with Crippen LogP contribution in [0.1, 0.15) is 21.3 Å². The number of carboxylic acid groups (broad SMARTS) is 1. The van der Waals surface area contributed by atoms with Crippen LogP contribution in [-0.2, 0) is 4.79 Å². The molecule has 1 heterocycles. The minimum Gasteiger partial charge on any atom is -0.480 e. The molecule has 0 bridgehead atoms. The Labute approximate surface area is 153 Å². The summed E-state index contributed by atoms with van der Waals surface area (Å²) in [4.78, 5) is 25.9. The SMILES string of the molecule is O=C(O)C1CSC(c2ccccc2Cl)N1C(=O)c1cccc(Cl)c1. The molecule has 1 aliphatic heterocycles. The highest BCUT2D eigenvalue weighted by Gasteiger charge is 2.43. The van der Waals surface area contributed by atoms with Crippen molar-refractivity contribution in [3.8, 4) is 0 Å². The van der Waals surface area contributed by atoms with Crippen molar-refractivity contribution >= 4 is 46.8 Å². The number of nitrogens with zero attached hydrogens (tertiary/aromatic N) is 1. The van der Waals surface area contributed by atoms with Crippen LogP contribution in [0.25, 0.3) is 0 Å². The molecule has 0 spiro atoms. The fourth-order valence-corrected chi connectivity index (χ4v) is 4.58. The summed E-state index contributed by atoms with van der Waals surface area (Å²) in [6, 6.07) is 12.7. The molecule has 1 aliphatic rings. The molecular formula is C17H13Cl2NO3S. The number of thioether (sulfide) groups is 1. The Bertz CT molecular complexity index is 799. The van der Waals surface area contributed by atoms with Gasteiger partial charge >= 0.3 is 5.97 Å². The maximum atomic E-state index is 13.0. The summed E-state index contributed by atoms with van der Waals surface area (Å²) in [6.45, 7) is 0. The first-order chi connectivity index (χ1) is 11.5. The molecule has 0 aliphatic carbocycles. The normalized spacial score (nSPS) is 20.2. The van der Waals surface area contributed by atoms with Crippen LogP contribution >= 0.6 is 35.0 Å². The Hall–Kier alpha value is -1.69. The van der Waals surface area contributed by atoms with E-state index in [0.717, 1.165) is 5.56 Å². The van der Waals surface area contributed by atoms with Gasteiger partial charge in [0.2, 0.25) is 0 Å². The van der Waals surface area contributed by atoms with Crippen molar-refractivity contribution in [3.05, 3.63) is 69.7 Å². The number of rotatable bonds is 3. The molecule has 3 rings (SSSR count). The summed E-state index contributed by atoms with van der Waals surface area (Å²) in [5.41, 5.74) is 1.08. The molecule has 7 heteroatoms. The van der Waals surface area contributed by atoms with Crippen molar-refractivity contribution in [1.82, 2.24) is 4.90 Å². The summed E-state index contributed by atoms with van der Waals surface area (Å²) in [7, 11) is 0. The van der Waals surface area contributed by atoms with Crippen LogP contribution in [-0.4, -0.2) is 33.7 Å². The number of halogens is 2. The average Bonchev–Trinajstić information content (AvgIpc) is 2.99. The lowest BCUT2D eigenvalue weighted by Gasteiger charge is -2.28. The van der Waals surface area contributed by atoms with Gasteiger partial charge in [0.25, 0.3) is 5.91 Å². The number of amides is 1. The quantitative estimate of drug-likeness (QED) is 0.858. The predicted molar refractivity (Wildman–Crippen MR) is 95.7 cm³/mol. The third kappa shape index (κ3) is 3.24. The van der Waals surface area contributed by atoms with Gasteiger partial charge in [-0.25, -0.2) is 4.79 Å². The van der Waals surface area contributed by atoms with Gasteiger partial charge in [-0.05, 0) is 24.3 Å². The standard InChI is InChI=1S/C17H13Cl2NO3S/c18-11-5-3-4-10(8-11)15(21)20-14(17(22)23)9-24-16(20)12-6-1-2-7-13(12)19/h1-8,14,16H,9H2,(H,22,23). The highest BCUT2D eigenvalue weighted by atomic mass is 35.5. The molecule has 1 amide bonds. The van der Waals surface area contributed by atoms with Crippen LogP contribution in [0.2, 0.25) is 10.0 Å². The molecule has 1 N–H and O–H groups in total. The van der Waals surface area contributed by atoms with Gasteiger partial charge in [-0.1, -0.05) is 47.5 Å². The molecule has 124 valence electrons. The number of benzene rings is 2. The fourth-order valence-electron chi connectivity index (χ4n) is 2.63. The predicted octanol–water partition coefficient (Wildman–Crippen LogP) is 4.33. The van der Waals surface area contributed by atoms with E-state index in [1.165, 1.54) is 22.7 Å². The first-order valence-electron chi connectivity index (χ1n) is 7.16. The van der Waals surface area contributed by atoms with Crippen molar-refractivity contribution < 1.29 is 14.7 Å². The Balaban J connectivity index is 2.02. The van der Waals surface area contributed by atoms with Gasteiger partial charge in [-0.15, -0.1) is 11.8 Å². The lowest BCUT2D eigenvalue weighted by Crippen LogP contribution is -2.43. The lowest BCUT2D eigenvalue weighted by molar-refractivity contribution is -0.141. The van der Waals surface area contributed by atoms with E-state index in [1.54, 1.807) is 30.3 Å². The van der Waals surface area contributed by atoms with Crippen LogP contribution in [0.15, 0.2) is 48.5 Å². The van der Waals surface area contributed by atoms with Crippen LogP contribution < -0.4 is 0 Å². The minimum absolute atomic E-state index is 0.303.